The van der Waals surface area contributed by atoms with Gasteiger partial charge in [-0.15, -0.1) is 0 Å². The minimum Gasteiger partial charge on any atom is -0.393 e. The van der Waals surface area contributed by atoms with E-state index in [0.29, 0.717) is 17.1 Å². The Kier molecular flexibility index (Phi) is 4.93. The van der Waals surface area contributed by atoms with E-state index in [9.17, 15) is 0 Å². The van der Waals surface area contributed by atoms with Gasteiger partial charge in [-0.2, -0.15) is 5.10 Å². The number of nitrogens with zero attached hydrogens (tertiary/aromatic N) is 3. The molecule has 2 rings (SSSR count). The second-order valence-corrected chi connectivity index (χ2v) is 5.99. The Bertz CT molecular complexity index is 425. The smallest absolute Gasteiger partial charge is 0.0765 e. The molecule has 0 spiro atoms. The van der Waals surface area contributed by atoms with Gasteiger partial charge in [-0.3, -0.25) is 9.58 Å². The van der Waals surface area contributed by atoms with Gasteiger partial charge in [-0.1, -0.05) is 19.1 Å². The van der Waals surface area contributed by atoms with Crippen molar-refractivity contribution >= 4 is 17.2 Å². The molecule has 1 heterocycles. The molecular formula is C14H24N4S. The number of hydrogen-bond acceptors (Lipinski definition) is 3. The number of nitrogens with two attached hydrogens (primary N) is 1. The minimum absolute atomic E-state index is 0.472. The first kappa shape index (κ1) is 14.5. The number of rotatable bonds is 8. The van der Waals surface area contributed by atoms with Crippen molar-refractivity contribution in [1.82, 2.24) is 14.7 Å². The van der Waals surface area contributed by atoms with E-state index in [4.69, 9.17) is 18.0 Å². The molecule has 5 heteroatoms. The Labute approximate surface area is 121 Å². The van der Waals surface area contributed by atoms with Crippen molar-refractivity contribution in [2.24, 2.45) is 5.73 Å². The highest BCUT2D eigenvalue weighted by atomic mass is 32.1. The van der Waals surface area contributed by atoms with Crippen LogP contribution in [0.25, 0.3) is 0 Å². The predicted molar refractivity (Wildman–Crippen MR) is 82.1 cm³/mol. The lowest BCUT2D eigenvalue weighted by Gasteiger charge is -2.20. The fourth-order valence-electron chi connectivity index (χ4n) is 2.19. The summed E-state index contributed by atoms with van der Waals surface area (Å²) in [6.45, 7) is 6.25. The van der Waals surface area contributed by atoms with Gasteiger partial charge in [-0.05, 0) is 32.3 Å². The maximum atomic E-state index is 5.60. The van der Waals surface area contributed by atoms with Crippen molar-refractivity contribution < 1.29 is 0 Å². The molecule has 4 nitrogen and oxygen atoms in total. The summed E-state index contributed by atoms with van der Waals surface area (Å²) in [5.41, 5.74) is 6.75. The van der Waals surface area contributed by atoms with Crippen LogP contribution in [0.5, 0.6) is 0 Å². The summed E-state index contributed by atoms with van der Waals surface area (Å²) in [4.78, 5) is 3.07. The van der Waals surface area contributed by atoms with Gasteiger partial charge in [0.05, 0.1) is 10.7 Å². The molecule has 19 heavy (non-hydrogen) atoms. The summed E-state index contributed by atoms with van der Waals surface area (Å²) >= 11 is 4.97. The molecule has 0 amide bonds. The molecule has 0 aromatic carbocycles. The van der Waals surface area contributed by atoms with E-state index < -0.39 is 0 Å². The van der Waals surface area contributed by atoms with Crippen LogP contribution in [0.4, 0.5) is 0 Å². The average molecular weight is 280 g/mol. The topological polar surface area (TPSA) is 47.1 Å². The molecule has 1 saturated carbocycles. The van der Waals surface area contributed by atoms with E-state index in [2.05, 4.69) is 40.8 Å². The predicted octanol–water partition coefficient (Wildman–Crippen LogP) is 2.49. The van der Waals surface area contributed by atoms with Crippen LogP contribution in [0.15, 0.2) is 12.3 Å². The highest BCUT2D eigenvalue weighted by molar-refractivity contribution is 7.80. The summed E-state index contributed by atoms with van der Waals surface area (Å²) in [5.74, 6) is 0. The highest BCUT2D eigenvalue weighted by Crippen LogP contribution is 2.28. The Morgan fingerprint density at radius 1 is 1.63 bits per heavy atom. The molecule has 2 N–H and O–H groups in total. The third kappa shape index (κ3) is 4.28. The summed E-state index contributed by atoms with van der Waals surface area (Å²) in [6.07, 6.45) is 6.59. The Balaban J connectivity index is 1.93. The lowest BCUT2D eigenvalue weighted by molar-refractivity contribution is 0.258. The quantitative estimate of drug-likeness (QED) is 0.743. The molecule has 0 aliphatic heterocycles. The molecule has 0 radical (unpaired) electrons. The van der Waals surface area contributed by atoms with Gasteiger partial charge in [0.2, 0.25) is 0 Å². The van der Waals surface area contributed by atoms with Crippen molar-refractivity contribution in [2.75, 3.05) is 6.54 Å². The molecule has 1 fully saturated rings. The van der Waals surface area contributed by atoms with Gasteiger partial charge in [0.25, 0.3) is 0 Å². The summed E-state index contributed by atoms with van der Waals surface area (Å²) < 4.78 is 2.06. The van der Waals surface area contributed by atoms with Crippen molar-refractivity contribution in [3.05, 3.63) is 18.0 Å². The fourth-order valence-corrected chi connectivity index (χ4v) is 2.28. The molecule has 0 saturated heterocycles. The maximum Gasteiger partial charge on any atom is 0.0765 e. The molecule has 0 bridgehead atoms. The first-order chi connectivity index (χ1) is 9.10. The van der Waals surface area contributed by atoms with E-state index in [1.807, 2.05) is 0 Å². The van der Waals surface area contributed by atoms with Crippen molar-refractivity contribution in [2.45, 2.75) is 58.2 Å². The van der Waals surface area contributed by atoms with E-state index >= 15 is 0 Å². The Morgan fingerprint density at radius 3 is 2.95 bits per heavy atom. The van der Waals surface area contributed by atoms with Crippen LogP contribution in [0, 0.1) is 0 Å². The monoisotopic (exact) mass is 280 g/mol. The lowest BCUT2D eigenvalue weighted by atomic mass is 10.3. The van der Waals surface area contributed by atoms with Crippen LogP contribution in [0.1, 0.15) is 51.3 Å². The molecule has 1 unspecified atom stereocenters. The van der Waals surface area contributed by atoms with Crippen LogP contribution in [-0.4, -0.2) is 32.3 Å². The van der Waals surface area contributed by atoms with Crippen LogP contribution in [0.3, 0.4) is 0 Å². The van der Waals surface area contributed by atoms with Gasteiger partial charge in [0.1, 0.15) is 0 Å². The largest absolute Gasteiger partial charge is 0.393 e. The Morgan fingerprint density at radius 2 is 2.37 bits per heavy atom. The zero-order chi connectivity index (χ0) is 13.8. The van der Waals surface area contributed by atoms with E-state index in [0.717, 1.165) is 31.6 Å². The molecule has 1 aliphatic rings. The van der Waals surface area contributed by atoms with Gasteiger partial charge in [0, 0.05) is 37.8 Å². The van der Waals surface area contributed by atoms with E-state index in [-0.39, 0.29) is 0 Å². The van der Waals surface area contributed by atoms with E-state index in [1.54, 1.807) is 0 Å². The lowest BCUT2D eigenvalue weighted by Crippen LogP contribution is -2.29. The summed E-state index contributed by atoms with van der Waals surface area (Å²) in [6, 6.07) is 3.31. The molecule has 1 aromatic rings. The maximum absolute atomic E-state index is 5.60. The molecular weight excluding hydrogens is 256 g/mol. The van der Waals surface area contributed by atoms with Crippen molar-refractivity contribution in [3.8, 4) is 0 Å². The van der Waals surface area contributed by atoms with Gasteiger partial charge in [-0.25, -0.2) is 0 Å². The SMILES string of the molecule is CCC(C)n1ccc(CN(CCC(N)=S)C2CC2)n1. The second kappa shape index (κ2) is 6.48. The van der Waals surface area contributed by atoms with Crippen LogP contribution in [0.2, 0.25) is 0 Å². The van der Waals surface area contributed by atoms with Crippen LogP contribution in [-0.2, 0) is 6.54 Å². The first-order valence-corrected chi connectivity index (χ1v) is 7.57. The van der Waals surface area contributed by atoms with Gasteiger partial charge in [0.15, 0.2) is 0 Å². The van der Waals surface area contributed by atoms with Gasteiger partial charge >= 0.3 is 0 Å². The zero-order valence-electron chi connectivity index (χ0n) is 11.9. The standard InChI is InChI=1S/C14H24N4S/c1-3-11(2)18-9-6-12(16-18)10-17(13-4-5-13)8-7-14(15)19/h6,9,11,13H,3-5,7-8,10H2,1-2H3,(H2,15,19). The normalized spacial score (nSPS) is 16.8. The Hall–Kier alpha value is -0.940. The van der Waals surface area contributed by atoms with E-state index in [1.165, 1.54) is 12.8 Å². The molecule has 1 aromatic heterocycles. The molecule has 1 aliphatic carbocycles. The summed E-state index contributed by atoms with van der Waals surface area (Å²) in [5, 5.41) is 4.67. The van der Waals surface area contributed by atoms with Crippen LogP contribution < -0.4 is 5.73 Å². The summed E-state index contributed by atoms with van der Waals surface area (Å²) in [7, 11) is 0. The first-order valence-electron chi connectivity index (χ1n) is 7.16. The van der Waals surface area contributed by atoms with Crippen molar-refractivity contribution in [3.63, 3.8) is 0 Å². The molecule has 106 valence electrons. The van der Waals surface area contributed by atoms with Crippen molar-refractivity contribution in [1.29, 1.82) is 0 Å². The number of hydrogen-bond donors (Lipinski definition) is 1. The number of aromatic nitrogens is 2. The third-order valence-corrected chi connectivity index (χ3v) is 3.98. The second-order valence-electron chi connectivity index (χ2n) is 5.46. The average Bonchev–Trinajstić information content (AvgIpc) is 3.13. The number of thiocarbonyl (C=S) groups is 1. The molecule has 1 atom stereocenters. The fraction of sp³-hybridized carbons (Fsp3) is 0.714. The minimum atomic E-state index is 0.472. The van der Waals surface area contributed by atoms with Crippen LogP contribution >= 0.6 is 12.2 Å². The third-order valence-electron chi connectivity index (χ3n) is 3.78. The highest BCUT2D eigenvalue weighted by Gasteiger charge is 2.29. The van der Waals surface area contributed by atoms with Gasteiger partial charge < -0.3 is 5.73 Å². The zero-order valence-corrected chi connectivity index (χ0v) is 12.7.